The average Bonchev–Trinajstić information content (AvgIpc) is 2.75. The summed E-state index contributed by atoms with van der Waals surface area (Å²) in [5.74, 6) is 1.17. The van der Waals surface area contributed by atoms with E-state index in [1.54, 1.807) is 31.2 Å². The molecule has 29 heavy (non-hydrogen) atoms. The van der Waals surface area contributed by atoms with Crippen LogP contribution in [0.1, 0.15) is 49.4 Å². The standard InChI is InChI=1S/C22H31N3O3S/c1-16-20(29-15-14-28-16)22(27)24-18-10-8-17(9-11-18)21(26)23-12-13-25(2)19-6-4-3-5-7-19/h8-11,19H,3-7,12-15H2,1-2H3,(H,23,26)(H,24,27). The third-order valence-corrected chi connectivity index (χ3v) is 6.66. The highest BCUT2D eigenvalue weighted by Crippen LogP contribution is 2.26. The number of thioether (sulfide) groups is 1. The molecular weight excluding hydrogens is 386 g/mol. The molecule has 158 valence electrons. The zero-order valence-electron chi connectivity index (χ0n) is 17.3. The third-order valence-electron chi connectivity index (χ3n) is 5.53. The van der Waals surface area contributed by atoms with E-state index in [0.717, 1.165) is 12.3 Å². The number of nitrogens with one attached hydrogen (secondary N) is 2. The summed E-state index contributed by atoms with van der Waals surface area (Å²) in [6, 6.07) is 7.63. The van der Waals surface area contributed by atoms with Crippen molar-refractivity contribution in [1.82, 2.24) is 10.2 Å². The number of allylic oxidation sites excluding steroid dienone is 1. The Bertz CT molecular complexity index is 742. The predicted octanol–water partition coefficient (Wildman–Crippen LogP) is 3.61. The first-order valence-electron chi connectivity index (χ1n) is 10.4. The quantitative estimate of drug-likeness (QED) is 0.709. The number of anilines is 1. The van der Waals surface area contributed by atoms with Crippen LogP contribution in [0, 0.1) is 0 Å². The van der Waals surface area contributed by atoms with Gasteiger partial charge in [0, 0.05) is 36.1 Å². The number of hydrogen-bond donors (Lipinski definition) is 2. The lowest BCUT2D eigenvalue weighted by molar-refractivity contribution is -0.112. The minimum atomic E-state index is -0.171. The van der Waals surface area contributed by atoms with Gasteiger partial charge in [0.25, 0.3) is 11.8 Å². The van der Waals surface area contributed by atoms with E-state index in [2.05, 4.69) is 22.6 Å². The number of benzene rings is 1. The first-order valence-corrected chi connectivity index (χ1v) is 11.4. The van der Waals surface area contributed by atoms with Crippen LogP contribution in [-0.4, -0.2) is 55.3 Å². The fourth-order valence-corrected chi connectivity index (χ4v) is 4.59. The van der Waals surface area contributed by atoms with E-state index >= 15 is 0 Å². The molecule has 3 rings (SSSR count). The van der Waals surface area contributed by atoms with E-state index in [1.165, 1.54) is 43.9 Å². The Morgan fingerprint density at radius 1 is 1.14 bits per heavy atom. The summed E-state index contributed by atoms with van der Waals surface area (Å²) in [7, 11) is 2.15. The Morgan fingerprint density at radius 2 is 1.86 bits per heavy atom. The number of carbonyl (C=O) groups is 2. The maximum atomic E-state index is 12.4. The number of carbonyl (C=O) groups excluding carboxylic acids is 2. The van der Waals surface area contributed by atoms with Gasteiger partial charge in [-0.2, -0.15) is 0 Å². The molecule has 2 amide bonds. The summed E-state index contributed by atoms with van der Waals surface area (Å²) in [4.78, 5) is 27.7. The molecule has 0 atom stereocenters. The van der Waals surface area contributed by atoms with Gasteiger partial charge in [-0.25, -0.2) is 0 Å². The molecule has 0 bridgehead atoms. The van der Waals surface area contributed by atoms with Crippen LogP contribution in [0.5, 0.6) is 0 Å². The Balaban J connectivity index is 1.45. The number of nitrogens with zero attached hydrogens (tertiary/aromatic N) is 1. The molecule has 1 heterocycles. The van der Waals surface area contributed by atoms with Crippen molar-refractivity contribution < 1.29 is 14.3 Å². The molecule has 1 aromatic carbocycles. The van der Waals surface area contributed by atoms with Crippen LogP contribution in [0.25, 0.3) is 0 Å². The van der Waals surface area contributed by atoms with E-state index in [-0.39, 0.29) is 11.8 Å². The van der Waals surface area contributed by atoms with Crippen molar-refractivity contribution in [2.24, 2.45) is 0 Å². The zero-order valence-corrected chi connectivity index (χ0v) is 18.1. The van der Waals surface area contributed by atoms with Crippen LogP contribution in [0.4, 0.5) is 5.69 Å². The highest BCUT2D eigenvalue weighted by Gasteiger charge is 2.19. The second kappa shape index (κ2) is 10.7. The molecule has 1 aliphatic carbocycles. The SMILES string of the molecule is CC1=C(C(=O)Nc2ccc(C(=O)NCCN(C)C3CCCCC3)cc2)SCCO1. The molecule has 0 spiro atoms. The second-order valence-electron chi connectivity index (χ2n) is 7.64. The normalized spacial score (nSPS) is 17.8. The van der Waals surface area contributed by atoms with Crippen LogP contribution in [-0.2, 0) is 9.53 Å². The number of hydrogen-bond acceptors (Lipinski definition) is 5. The summed E-state index contributed by atoms with van der Waals surface area (Å²) >= 11 is 1.50. The van der Waals surface area contributed by atoms with E-state index in [0.29, 0.717) is 41.1 Å². The van der Waals surface area contributed by atoms with Gasteiger partial charge >= 0.3 is 0 Å². The first-order chi connectivity index (χ1) is 14.0. The highest BCUT2D eigenvalue weighted by atomic mass is 32.2. The fourth-order valence-electron chi connectivity index (χ4n) is 3.78. The topological polar surface area (TPSA) is 70.7 Å². The van der Waals surface area contributed by atoms with Crippen LogP contribution in [0.15, 0.2) is 34.9 Å². The van der Waals surface area contributed by atoms with Gasteiger partial charge in [0.2, 0.25) is 0 Å². The van der Waals surface area contributed by atoms with Crippen molar-refractivity contribution in [3.05, 3.63) is 40.5 Å². The number of amides is 2. The third kappa shape index (κ3) is 6.24. The highest BCUT2D eigenvalue weighted by molar-refractivity contribution is 8.04. The van der Waals surface area contributed by atoms with Crippen LogP contribution in [0.2, 0.25) is 0 Å². The molecule has 0 unspecified atom stereocenters. The van der Waals surface area contributed by atoms with Gasteiger partial charge in [-0.3, -0.25) is 9.59 Å². The maximum absolute atomic E-state index is 12.4. The van der Waals surface area contributed by atoms with Gasteiger partial charge in [0.15, 0.2) is 0 Å². The molecule has 0 aromatic heterocycles. The van der Waals surface area contributed by atoms with Crippen molar-refractivity contribution in [2.45, 2.75) is 45.1 Å². The smallest absolute Gasteiger partial charge is 0.265 e. The molecule has 2 N–H and O–H groups in total. The first kappa shape index (κ1) is 21.7. The van der Waals surface area contributed by atoms with Crippen LogP contribution < -0.4 is 10.6 Å². The van der Waals surface area contributed by atoms with Crippen molar-refractivity contribution in [1.29, 1.82) is 0 Å². The summed E-state index contributed by atoms with van der Waals surface area (Å²) < 4.78 is 5.43. The zero-order chi connectivity index (χ0) is 20.6. The Labute approximate surface area is 177 Å². The van der Waals surface area contributed by atoms with Gasteiger partial charge in [-0.1, -0.05) is 19.3 Å². The monoisotopic (exact) mass is 417 g/mol. The summed E-state index contributed by atoms with van der Waals surface area (Å²) in [6.45, 7) is 3.93. The van der Waals surface area contributed by atoms with Gasteiger partial charge in [-0.15, -0.1) is 11.8 Å². The average molecular weight is 418 g/mol. The molecule has 1 saturated carbocycles. The molecule has 6 nitrogen and oxygen atoms in total. The molecule has 1 aliphatic heterocycles. The molecule has 1 aromatic rings. The van der Waals surface area contributed by atoms with E-state index < -0.39 is 0 Å². The predicted molar refractivity (Wildman–Crippen MR) is 118 cm³/mol. The molecular formula is C22H31N3O3S. The minimum Gasteiger partial charge on any atom is -0.496 e. The number of ether oxygens (including phenoxy) is 1. The molecule has 0 radical (unpaired) electrons. The Kier molecular flexibility index (Phi) is 8.00. The number of rotatable bonds is 7. The van der Waals surface area contributed by atoms with E-state index in [1.807, 2.05) is 0 Å². The minimum absolute atomic E-state index is 0.0882. The maximum Gasteiger partial charge on any atom is 0.265 e. The summed E-state index contributed by atoms with van der Waals surface area (Å²) in [5, 5.41) is 5.86. The Hall–Kier alpha value is -1.99. The van der Waals surface area contributed by atoms with E-state index in [9.17, 15) is 9.59 Å². The van der Waals surface area contributed by atoms with Crippen LogP contribution in [0.3, 0.4) is 0 Å². The van der Waals surface area contributed by atoms with Crippen molar-refractivity contribution in [3.8, 4) is 0 Å². The van der Waals surface area contributed by atoms with Crippen molar-refractivity contribution >= 4 is 29.3 Å². The van der Waals surface area contributed by atoms with Crippen molar-refractivity contribution in [2.75, 3.05) is 37.8 Å². The van der Waals surface area contributed by atoms with Gasteiger partial charge in [-0.05, 0) is 51.1 Å². The lowest BCUT2D eigenvalue weighted by atomic mass is 9.94. The summed E-state index contributed by atoms with van der Waals surface area (Å²) in [5.41, 5.74) is 1.25. The van der Waals surface area contributed by atoms with E-state index in [4.69, 9.17) is 4.74 Å². The lowest BCUT2D eigenvalue weighted by Gasteiger charge is -2.31. The second-order valence-corrected chi connectivity index (χ2v) is 8.75. The van der Waals surface area contributed by atoms with Gasteiger partial charge < -0.3 is 20.3 Å². The van der Waals surface area contributed by atoms with Crippen molar-refractivity contribution in [3.63, 3.8) is 0 Å². The van der Waals surface area contributed by atoms with Gasteiger partial charge in [0.05, 0.1) is 6.61 Å². The molecule has 2 aliphatic rings. The number of likely N-dealkylation sites (N-methyl/N-ethyl adjacent to an activating group) is 1. The molecule has 1 fully saturated rings. The van der Waals surface area contributed by atoms with Crippen LogP contribution >= 0.6 is 11.8 Å². The summed E-state index contributed by atoms with van der Waals surface area (Å²) in [6.07, 6.45) is 6.50. The van der Waals surface area contributed by atoms with Gasteiger partial charge in [0.1, 0.15) is 10.7 Å². The Morgan fingerprint density at radius 3 is 2.55 bits per heavy atom. The largest absolute Gasteiger partial charge is 0.496 e. The molecule has 0 saturated heterocycles. The molecule has 7 heteroatoms. The fraction of sp³-hybridized carbons (Fsp3) is 0.545. The lowest BCUT2D eigenvalue weighted by Crippen LogP contribution is -2.39.